The van der Waals surface area contributed by atoms with Crippen LogP contribution in [0, 0.1) is 19.7 Å². The van der Waals surface area contributed by atoms with Gasteiger partial charge in [0, 0.05) is 30.1 Å². The SMILES string of the molecule is Cc1cc(C(=O)CSc2nnnn2-c2cccc(F)c2)c(C)n1C[C@H]1CCCO1. The Morgan fingerprint density at radius 1 is 1.34 bits per heavy atom. The Morgan fingerprint density at radius 3 is 2.97 bits per heavy atom. The van der Waals surface area contributed by atoms with Crippen molar-refractivity contribution in [2.45, 2.75) is 44.5 Å². The van der Waals surface area contributed by atoms with Gasteiger partial charge >= 0.3 is 0 Å². The molecule has 9 heteroatoms. The first-order chi connectivity index (χ1) is 14.0. The van der Waals surface area contributed by atoms with E-state index in [0.717, 1.165) is 37.4 Å². The number of carbonyl (C=O) groups is 1. The van der Waals surface area contributed by atoms with Crippen molar-refractivity contribution in [2.75, 3.05) is 12.4 Å². The lowest BCUT2D eigenvalue weighted by Gasteiger charge is -2.14. The van der Waals surface area contributed by atoms with Gasteiger partial charge in [0.1, 0.15) is 5.82 Å². The summed E-state index contributed by atoms with van der Waals surface area (Å²) in [5, 5.41) is 12.0. The van der Waals surface area contributed by atoms with Gasteiger partial charge in [-0.15, -0.1) is 5.10 Å². The van der Waals surface area contributed by atoms with Crippen LogP contribution in [0.25, 0.3) is 5.69 Å². The molecule has 1 fully saturated rings. The number of aromatic nitrogens is 5. The predicted octanol–water partition coefficient (Wildman–Crippen LogP) is 3.37. The van der Waals surface area contributed by atoms with E-state index >= 15 is 0 Å². The number of hydrogen-bond donors (Lipinski definition) is 0. The van der Waals surface area contributed by atoms with Crippen molar-refractivity contribution in [3.05, 3.63) is 53.1 Å². The highest BCUT2D eigenvalue weighted by Gasteiger charge is 2.21. The minimum atomic E-state index is -0.372. The zero-order valence-electron chi connectivity index (χ0n) is 16.3. The van der Waals surface area contributed by atoms with E-state index < -0.39 is 0 Å². The number of carbonyl (C=O) groups excluding carboxylic acids is 1. The lowest BCUT2D eigenvalue weighted by atomic mass is 10.2. The van der Waals surface area contributed by atoms with Gasteiger partial charge in [0.15, 0.2) is 5.78 Å². The summed E-state index contributed by atoms with van der Waals surface area (Å²) in [7, 11) is 0. The van der Waals surface area contributed by atoms with Gasteiger partial charge in [-0.05, 0) is 61.4 Å². The van der Waals surface area contributed by atoms with Crippen LogP contribution in [0.1, 0.15) is 34.6 Å². The molecule has 152 valence electrons. The molecule has 7 nitrogen and oxygen atoms in total. The van der Waals surface area contributed by atoms with Crippen LogP contribution >= 0.6 is 11.8 Å². The molecule has 0 saturated carbocycles. The molecule has 0 unspecified atom stereocenters. The Hall–Kier alpha value is -2.52. The van der Waals surface area contributed by atoms with Crippen LogP contribution in [0.5, 0.6) is 0 Å². The maximum atomic E-state index is 13.5. The van der Waals surface area contributed by atoms with E-state index in [4.69, 9.17) is 4.74 Å². The standard InChI is InChI=1S/C20H22FN5O2S/c1-13-9-18(14(2)25(13)11-17-7-4-8-28-17)19(27)12-29-20-22-23-24-26(20)16-6-3-5-15(21)10-16/h3,5-6,9-10,17H,4,7-8,11-12H2,1-2H3/t17-/m1/s1. The minimum Gasteiger partial charge on any atom is -0.376 e. The molecule has 0 bridgehead atoms. The molecule has 1 aliphatic heterocycles. The van der Waals surface area contributed by atoms with Crippen LogP contribution < -0.4 is 0 Å². The monoisotopic (exact) mass is 415 g/mol. The quantitative estimate of drug-likeness (QED) is 0.435. The molecule has 4 rings (SSSR count). The smallest absolute Gasteiger partial charge is 0.214 e. The molecule has 0 aliphatic carbocycles. The number of rotatable bonds is 7. The second-order valence-corrected chi connectivity index (χ2v) is 8.04. The second kappa shape index (κ2) is 8.46. The van der Waals surface area contributed by atoms with Crippen LogP contribution in [0.15, 0.2) is 35.5 Å². The summed E-state index contributed by atoms with van der Waals surface area (Å²) in [5.41, 5.74) is 3.22. The number of ether oxygens (including phenoxy) is 1. The first-order valence-electron chi connectivity index (χ1n) is 9.51. The van der Waals surface area contributed by atoms with Crippen molar-refractivity contribution in [3.8, 4) is 5.69 Å². The van der Waals surface area contributed by atoms with E-state index in [0.29, 0.717) is 16.4 Å². The summed E-state index contributed by atoms with van der Waals surface area (Å²) < 4.78 is 22.8. The molecule has 29 heavy (non-hydrogen) atoms. The van der Waals surface area contributed by atoms with Gasteiger partial charge < -0.3 is 9.30 Å². The molecule has 3 aromatic rings. The fourth-order valence-electron chi connectivity index (χ4n) is 3.60. The van der Waals surface area contributed by atoms with Crippen LogP contribution in [0.3, 0.4) is 0 Å². The molecule has 3 heterocycles. The second-order valence-electron chi connectivity index (χ2n) is 7.10. The number of hydrogen-bond acceptors (Lipinski definition) is 6. The Bertz CT molecular complexity index is 1030. The molecule has 0 N–H and O–H groups in total. The average Bonchev–Trinajstić information content (AvgIpc) is 3.44. The topological polar surface area (TPSA) is 74.8 Å². The largest absolute Gasteiger partial charge is 0.376 e. The van der Waals surface area contributed by atoms with Gasteiger partial charge in [0.25, 0.3) is 0 Å². The molecule has 0 spiro atoms. The summed E-state index contributed by atoms with van der Waals surface area (Å²) in [6.45, 7) is 5.56. The van der Waals surface area contributed by atoms with E-state index in [1.54, 1.807) is 12.1 Å². The summed E-state index contributed by atoms with van der Waals surface area (Å²) in [6, 6.07) is 7.94. The number of nitrogens with zero attached hydrogens (tertiary/aromatic N) is 5. The van der Waals surface area contributed by atoms with Crippen molar-refractivity contribution in [3.63, 3.8) is 0 Å². The van der Waals surface area contributed by atoms with Crippen LogP contribution in [0.4, 0.5) is 4.39 Å². The number of ketones is 1. The van der Waals surface area contributed by atoms with Gasteiger partial charge in [0.2, 0.25) is 5.16 Å². The summed E-state index contributed by atoms with van der Waals surface area (Å²) >= 11 is 1.23. The number of benzene rings is 1. The summed E-state index contributed by atoms with van der Waals surface area (Å²) in [6.07, 6.45) is 2.36. The van der Waals surface area contributed by atoms with Crippen LogP contribution in [-0.2, 0) is 11.3 Å². The van der Waals surface area contributed by atoms with E-state index in [1.165, 1.54) is 28.6 Å². The van der Waals surface area contributed by atoms with Crippen molar-refractivity contribution >= 4 is 17.5 Å². The molecule has 0 amide bonds. The number of halogens is 1. The van der Waals surface area contributed by atoms with Gasteiger partial charge in [-0.3, -0.25) is 4.79 Å². The van der Waals surface area contributed by atoms with Crippen molar-refractivity contribution in [1.82, 2.24) is 24.8 Å². The van der Waals surface area contributed by atoms with E-state index in [2.05, 4.69) is 20.1 Å². The van der Waals surface area contributed by atoms with E-state index in [-0.39, 0.29) is 23.5 Å². The lowest BCUT2D eigenvalue weighted by Crippen LogP contribution is -2.17. The number of Topliss-reactive ketones (excluding diaryl/α,β-unsaturated/α-hetero) is 1. The van der Waals surface area contributed by atoms with Crippen LogP contribution in [0.2, 0.25) is 0 Å². The zero-order valence-corrected chi connectivity index (χ0v) is 17.2. The average molecular weight is 415 g/mol. The van der Waals surface area contributed by atoms with Crippen LogP contribution in [-0.4, -0.2) is 49.0 Å². The number of tetrazole rings is 1. The Labute approximate surface area is 172 Å². The third-order valence-electron chi connectivity index (χ3n) is 5.11. The molecule has 2 aromatic heterocycles. The predicted molar refractivity (Wildman–Crippen MR) is 107 cm³/mol. The Balaban J connectivity index is 1.46. The molecule has 1 saturated heterocycles. The van der Waals surface area contributed by atoms with Gasteiger partial charge in [-0.2, -0.15) is 4.68 Å². The highest BCUT2D eigenvalue weighted by molar-refractivity contribution is 7.99. The summed E-state index contributed by atoms with van der Waals surface area (Å²) in [5.74, 6) is -0.168. The van der Waals surface area contributed by atoms with Gasteiger partial charge in [-0.25, -0.2) is 4.39 Å². The van der Waals surface area contributed by atoms with Gasteiger partial charge in [0.05, 0.1) is 17.5 Å². The Kier molecular flexibility index (Phi) is 5.77. The number of aryl methyl sites for hydroxylation is 1. The summed E-state index contributed by atoms with van der Waals surface area (Å²) in [4.78, 5) is 12.9. The zero-order chi connectivity index (χ0) is 20.4. The third-order valence-corrected chi connectivity index (χ3v) is 6.03. The van der Waals surface area contributed by atoms with Crippen molar-refractivity contribution in [1.29, 1.82) is 0 Å². The van der Waals surface area contributed by atoms with Crippen molar-refractivity contribution in [2.24, 2.45) is 0 Å². The van der Waals surface area contributed by atoms with Crippen molar-refractivity contribution < 1.29 is 13.9 Å². The lowest BCUT2D eigenvalue weighted by molar-refractivity contribution is 0.0957. The molecule has 0 radical (unpaired) electrons. The van der Waals surface area contributed by atoms with Gasteiger partial charge in [-0.1, -0.05) is 17.8 Å². The fourth-order valence-corrected chi connectivity index (χ4v) is 4.38. The fraction of sp³-hybridized carbons (Fsp3) is 0.400. The molecular weight excluding hydrogens is 393 g/mol. The maximum absolute atomic E-state index is 13.5. The normalized spacial score (nSPS) is 16.4. The van der Waals surface area contributed by atoms with E-state index in [1.807, 2.05) is 19.9 Å². The minimum absolute atomic E-state index is 0.00971. The molecular formula is C20H22FN5O2S. The number of thioether (sulfide) groups is 1. The molecule has 1 aliphatic rings. The Morgan fingerprint density at radius 2 is 2.21 bits per heavy atom. The molecule has 1 atom stereocenters. The first-order valence-corrected chi connectivity index (χ1v) is 10.5. The van der Waals surface area contributed by atoms with E-state index in [9.17, 15) is 9.18 Å². The first kappa shape index (κ1) is 19.8. The highest BCUT2D eigenvalue weighted by Crippen LogP contribution is 2.24. The molecule has 1 aromatic carbocycles. The highest BCUT2D eigenvalue weighted by atomic mass is 32.2. The third kappa shape index (κ3) is 4.25. The maximum Gasteiger partial charge on any atom is 0.214 e.